The van der Waals surface area contributed by atoms with E-state index in [0.29, 0.717) is 19.4 Å². The minimum atomic E-state index is -3.37. The van der Waals surface area contributed by atoms with E-state index in [1.807, 2.05) is 6.92 Å². The van der Waals surface area contributed by atoms with E-state index in [1.54, 1.807) is 0 Å². The summed E-state index contributed by atoms with van der Waals surface area (Å²) in [6.07, 6.45) is 1.06. The molecule has 1 fully saturated rings. The number of hydrogen-bond donors (Lipinski definition) is 0. The van der Waals surface area contributed by atoms with Crippen molar-refractivity contribution in [2.75, 3.05) is 6.61 Å². The third-order valence-electron chi connectivity index (χ3n) is 1.84. The van der Waals surface area contributed by atoms with Crippen LogP contribution in [0.3, 0.4) is 0 Å². The molecule has 11 heavy (non-hydrogen) atoms. The minimum Gasteiger partial charge on any atom is -0.378 e. The summed E-state index contributed by atoms with van der Waals surface area (Å²) in [5.74, 6) is 0. The summed E-state index contributed by atoms with van der Waals surface area (Å²) in [6.45, 7) is 2.35. The van der Waals surface area contributed by atoms with Crippen molar-refractivity contribution in [2.45, 2.75) is 31.1 Å². The third kappa shape index (κ3) is 2.61. The molecular weight excluding hydrogens is 188 g/mol. The van der Waals surface area contributed by atoms with Crippen molar-refractivity contribution in [3.05, 3.63) is 0 Å². The Morgan fingerprint density at radius 1 is 1.55 bits per heavy atom. The van der Waals surface area contributed by atoms with Gasteiger partial charge in [0.15, 0.2) is 0 Å². The number of hydrogen-bond acceptors (Lipinski definition) is 3. The van der Waals surface area contributed by atoms with Gasteiger partial charge in [0, 0.05) is 17.3 Å². The van der Waals surface area contributed by atoms with Gasteiger partial charge in [0.2, 0.25) is 9.05 Å². The van der Waals surface area contributed by atoms with Crippen LogP contribution in [0, 0.1) is 0 Å². The van der Waals surface area contributed by atoms with E-state index >= 15 is 0 Å². The summed E-state index contributed by atoms with van der Waals surface area (Å²) in [4.78, 5) is 0. The summed E-state index contributed by atoms with van der Waals surface area (Å²) in [7, 11) is 1.83. The molecule has 0 radical (unpaired) electrons. The summed E-state index contributed by atoms with van der Waals surface area (Å²) < 4.78 is 26.9. The van der Waals surface area contributed by atoms with Crippen molar-refractivity contribution in [1.29, 1.82) is 0 Å². The van der Waals surface area contributed by atoms with Gasteiger partial charge in [0.25, 0.3) is 0 Å². The fraction of sp³-hybridized carbons (Fsp3) is 1.00. The van der Waals surface area contributed by atoms with Gasteiger partial charge in [0.05, 0.1) is 11.4 Å². The van der Waals surface area contributed by atoms with Crippen molar-refractivity contribution in [3.8, 4) is 0 Å². The lowest BCUT2D eigenvalue weighted by molar-refractivity contribution is 0.0304. The normalized spacial score (nSPS) is 33.6. The molecule has 0 bridgehead atoms. The van der Waals surface area contributed by atoms with E-state index in [-0.39, 0.29) is 6.10 Å². The molecule has 1 saturated heterocycles. The predicted octanol–water partition coefficient (Wildman–Crippen LogP) is 1.12. The van der Waals surface area contributed by atoms with Crippen LogP contribution in [-0.2, 0) is 13.8 Å². The Labute approximate surface area is 71.1 Å². The molecule has 2 atom stereocenters. The van der Waals surface area contributed by atoms with Gasteiger partial charge < -0.3 is 4.74 Å². The van der Waals surface area contributed by atoms with Crippen LogP contribution in [0.5, 0.6) is 0 Å². The Balaban J connectivity index is 2.60. The molecule has 0 aromatic carbocycles. The summed E-state index contributed by atoms with van der Waals surface area (Å²) in [5.41, 5.74) is 0. The van der Waals surface area contributed by atoms with Gasteiger partial charge >= 0.3 is 0 Å². The summed E-state index contributed by atoms with van der Waals surface area (Å²) >= 11 is 0. The molecule has 0 amide bonds. The average molecular weight is 199 g/mol. The molecule has 66 valence electrons. The maximum absolute atomic E-state index is 10.8. The van der Waals surface area contributed by atoms with Crippen LogP contribution < -0.4 is 0 Å². The van der Waals surface area contributed by atoms with Gasteiger partial charge in [-0.2, -0.15) is 0 Å². The second-order valence-corrected chi connectivity index (χ2v) is 5.71. The first-order valence-electron chi connectivity index (χ1n) is 3.55. The van der Waals surface area contributed by atoms with E-state index in [1.165, 1.54) is 0 Å². The number of ether oxygens (including phenoxy) is 1. The molecule has 3 nitrogen and oxygen atoms in total. The molecule has 0 aliphatic carbocycles. The van der Waals surface area contributed by atoms with Crippen LogP contribution in [0.25, 0.3) is 0 Å². The van der Waals surface area contributed by atoms with Crippen molar-refractivity contribution in [1.82, 2.24) is 0 Å². The smallest absolute Gasteiger partial charge is 0.235 e. The SMILES string of the molecule is C[C@@H]1C[C@H](S(=O)(=O)Cl)CCO1. The Morgan fingerprint density at radius 2 is 2.18 bits per heavy atom. The van der Waals surface area contributed by atoms with E-state index in [4.69, 9.17) is 15.4 Å². The summed E-state index contributed by atoms with van der Waals surface area (Å²) in [5, 5.41) is -0.409. The van der Waals surface area contributed by atoms with Gasteiger partial charge in [-0.15, -0.1) is 0 Å². The zero-order valence-electron chi connectivity index (χ0n) is 6.29. The standard InChI is InChI=1S/C6H11ClO3S/c1-5-4-6(2-3-10-5)11(7,8)9/h5-6H,2-4H2,1H3/t5-,6-/m1/s1. The van der Waals surface area contributed by atoms with E-state index in [2.05, 4.69) is 0 Å². The Kier molecular flexibility index (Phi) is 2.78. The lowest BCUT2D eigenvalue weighted by Crippen LogP contribution is -2.30. The molecule has 5 heteroatoms. The highest BCUT2D eigenvalue weighted by atomic mass is 35.7. The minimum absolute atomic E-state index is 0.0160. The van der Waals surface area contributed by atoms with Gasteiger partial charge in [-0.1, -0.05) is 0 Å². The van der Waals surface area contributed by atoms with Gasteiger partial charge in [0.1, 0.15) is 0 Å². The maximum atomic E-state index is 10.8. The molecule has 0 spiro atoms. The molecule has 0 saturated carbocycles. The lowest BCUT2D eigenvalue weighted by atomic mass is 10.1. The molecule has 1 aliphatic heterocycles. The zero-order valence-corrected chi connectivity index (χ0v) is 7.86. The molecule has 1 aliphatic rings. The fourth-order valence-corrected chi connectivity index (χ4v) is 2.58. The van der Waals surface area contributed by atoms with Crippen LogP contribution in [0.4, 0.5) is 0 Å². The molecule has 1 rings (SSSR count). The van der Waals surface area contributed by atoms with Crippen molar-refractivity contribution in [3.63, 3.8) is 0 Å². The predicted molar refractivity (Wildman–Crippen MR) is 43.2 cm³/mol. The lowest BCUT2D eigenvalue weighted by Gasteiger charge is -2.24. The molecular formula is C6H11ClO3S. The highest BCUT2D eigenvalue weighted by molar-refractivity contribution is 8.14. The Bertz CT molecular complexity index is 224. The largest absolute Gasteiger partial charge is 0.378 e. The monoisotopic (exact) mass is 198 g/mol. The number of halogens is 1. The molecule has 0 unspecified atom stereocenters. The topological polar surface area (TPSA) is 43.4 Å². The molecule has 0 aromatic rings. The van der Waals surface area contributed by atoms with E-state index in [0.717, 1.165) is 0 Å². The van der Waals surface area contributed by atoms with Crippen LogP contribution in [0.15, 0.2) is 0 Å². The second-order valence-electron chi connectivity index (χ2n) is 2.80. The summed E-state index contributed by atoms with van der Waals surface area (Å²) in [6, 6.07) is 0. The molecule has 1 heterocycles. The Morgan fingerprint density at radius 3 is 2.55 bits per heavy atom. The zero-order chi connectivity index (χ0) is 8.48. The van der Waals surface area contributed by atoms with Crippen molar-refractivity contribution >= 4 is 19.7 Å². The molecule has 0 N–H and O–H groups in total. The average Bonchev–Trinajstić information content (AvgIpc) is 1.86. The highest BCUT2D eigenvalue weighted by Gasteiger charge is 2.28. The van der Waals surface area contributed by atoms with Gasteiger partial charge in [-0.25, -0.2) is 8.42 Å². The highest BCUT2D eigenvalue weighted by Crippen LogP contribution is 2.22. The van der Waals surface area contributed by atoms with Crippen molar-refractivity contribution in [2.24, 2.45) is 0 Å². The maximum Gasteiger partial charge on any atom is 0.235 e. The van der Waals surface area contributed by atoms with Crippen LogP contribution >= 0.6 is 10.7 Å². The second kappa shape index (κ2) is 3.29. The van der Waals surface area contributed by atoms with Crippen LogP contribution in [0.1, 0.15) is 19.8 Å². The van der Waals surface area contributed by atoms with Gasteiger partial charge in [-0.3, -0.25) is 0 Å². The first kappa shape index (κ1) is 9.29. The van der Waals surface area contributed by atoms with Crippen LogP contribution in [-0.4, -0.2) is 26.4 Å². The van der Waals surface area contributed by atoms with Gasteiger partial charge in [-0.05, 0) is 19.8 Å². The number of rotatable bonds is 1. The van der Waals surface area contributed by atoms with Crippen LogP contribution in [0.2, 0.25) is 0 Å². The molecule has 0 aromatic heterocycles. The van der Waals surface area contributed by atoms with Crippen molar-refractivity contribution < 1.29 is 13.2 Å². The third-order valence-corrected chi connectivity index (χ3v) is 3.82. The Hall–Kier alpha value is 0.200. The fourth-order valence-electron chi connectivity index (χ4n) is 1.21. The first-order valence-corrected chi connectivity index (χ1v) is 5.92. The quantitative estimate of drug-likeness (QED) is 0.594. The van der Waals surface area contributed by atoms with E-state index < -0.39 is 14.3 Å². The first-order chi connectivity index (χ1) is 5.00. The van der Waals surface area contributed by atoms with E-state index in [9.17, 15) is 8.42 Å².